The first kappa shape index (κ1) is 19.6. The molecule has 2 aromatic rings. The number of benzene rings is 2. The summed E-state index contributed by atoms with van der Waals surface area (Å²) in [5.74, 6) is 0.465. The number of ether oxygens (including phenoxy) is 3. The second-order valence-electron chi connectivity index (χ2n) is 6.67. The summed E-state index contributed by atoms with van der Waals surface area (Å²) in [5, 5.41) is 3.96. The van der Waals surface area contributed by atoms with Gasteiger partial charge in [-0.1, -0.05) is 23.2 Å². The first-order valence-corrected chi connectivity index (χ1v) is 9.21. The predicted octanol–water partition coefficient (Wildman–Crippen LogP) is 5.91. The quantitative estimate of drug-likeness (QED) is 0.638. The molecule has 2 heterocycles. The van der Waals surface area contributed by atoms with Crippen molar-refractivity contribution in [1.82, 2.24) is 0 Å². The molecule has 3 atom stereocenters. The number of methoxy groups -OCH3 is 1. The van der Waals surface area contributed by atoms with Gasteiger partial charge in [0.25, 0.3) is 0 Å². The van der Waals surface area contributed by atoms with Crippen LogP contribution in [0.15, 0.2) is 24.3 Å². The van der Waals surface area contributed by atoms with E-state index in [-0.39, 0.29) is 17.4 Å². The molecule has 0 aliphatic carbocycles. The summed E-state index contributed by atoms with van der Waals surface area (Å²) < 4.78 is 56.6. The number of nitrogens with one attached hydrogen (secondary N) is 1. The fourth-order valence-corrected chi connectivity index (χ4v) is 4.19. The van der Waals surface area contributed by atoms with Crippen molar-refractivity contribution in [2.45, 2.75) is 31.3 Å². The van der Waals surface area contributed by atoms with Crippen molar-refractivity contribution in [2.24, 2.45) is 0 Å². The standard InChI is InChI=1S/C19H16Cl2F3NO3/c1-8-12(21)6-13(26-2)16-14(8)17-18(28-7-27-17)15(25-16)10-5-9(19(22,23)24)3-4-11(10)20/h3-6,15,17-18,25H,7H2,1-2H3. The van der Waals surface area contributed by atoms with Crippen LogP contribution < -0.4 is 10.1 Å². The van der Waals surface area contributed by atoms with Crippen LogP contribution >= 0.6 is 23.2 Å². The third-order valence-electron chi connectivity index (χ3n) is 5.13. The largest absolute Gasteiger partial charge is 0.495 e. The molecular weight excluding hydrogens is 418 g/mol. The van der Waals surface area contributed by atoms with Crippen LogP contribution in [-0.4, -0.2) is 20.0 Å². The van der Waals surface area contributed by atoms with Gasteiger partial charge in [-0.05, 0) is 36.2 Å². The Morgan fingerprint density at radius 2 is 1.89 bits per heavy atom. The van der Waals surface area contributed by atoms with E-state index in [0.717, 1.165) is 23.3 Å². The Morgan fingerprint density at radius 1 is 1.14 bits per heavy atom. The maximum absolute atomic E-state index is 13.2. The van der Waals surface area contributed by atoms with Crippen LogP contribution in [0.25, 0.3) is 0 Å². The lowest BCUT2D eigenvalue weighted by atomic mass is 9.85. The number of fused-ring (bicyclic) bond motifs is 3. The van der Waals surface area contributed by atoms with Crippen LogP contribution in [0, 0.1) is 6.92 Å². The Labute approximate surface area is 169 Å². The SMILES string of the molecule is COc1cc(Cl)c(C)c2c1NC(c1cc(C(F)(F)F)ccc1Cl)C1OCOC21. The van der Waals surface area contributed by atoms with Crippen LogP contribution in [0.3, 0.4) is 0 Å². The van der Waals surface area contributed by atoms with Crippen molar-refractivity contribution in [3.05, 3.63) is 56.6 Å². The lowest BCUT2D eigenvalue weighted by Gasteiger charge is -2.37. The van der Waals surface area contributed by atoms with E-state index in [2.05, 4.69) is 5.32 Å². The average molecular weight is 434 g/mol. The molecule has 0 aromatic heterocycles. The van der Waals surface area contributed by atoms with Gasteiger partial charge in [0.1, 0.15) is 24.8 Å². The van der Waals surface area contributed by atoms with Gasteiger partial charge in [0, 0.05) is 21.7 Å². The smallest absolute Gasteiger partial charge is 0.416 e. The zero-order valence-electron chi connectivity index (χ0n) is 14.9. The highest BCUT2D eigenvalue weighted by Gasteiger charge is 2.46. The minimum absolute atomic E-state index is 0.0117. The van der Waals surface area contributed by atoms with Crippen LogP contribution in [-0.2, 0) is 15.7 Å². The van der Waals surface area contributed by atoms with Gasteiger partial charge in [-0.25, -0.2) is 0 Å². The van der Waals surface area contributed by atoms with E-state index in [1.165, 1.54) is 13.2 Å². The third-order valence-corrected chi connectivity index (χ3v) is 5.87. The van der Waals surface area contributed by atoms with Crippen molar-refractivity contribution in [2.75, 3.05) is 19.2 Å². The van der Waals surface area contributed by atoms with Gasteiger partial charge in [0.05, 0.1) is 24.4 Å². The van der Waals surface area contributed by atoms with Crippen LogP contribution in [0.4, 0.5) is 18.9 Å². The highest BCUT2D eigenvalue weighted by molar-refractivity contribution is 6.32. The Bertz CT molecular complexity index is 936. The van der Waals surface area contributed by atoms with E-state index in [4.69, 9.17) is 37.4 Å². The normalized spacial score (nSPS) is 23.8. The van der Waals surface area contributed by atoms with E-state index >= 15 is 0 Å². The average Bonchev–Trinajstić information content (AvgIpc) is 3.13. The number of alkyl halides is 3. The van der Waals surface area contributed by atoms with E-state index in [0.29, 0.717) is 16.5 Å². The molecule has 1 saturated heterocycles. The number of halogens is 5. The van der Waals surface area contributed by atoms with Crippen LogP contribution in [0.5, 0.6) is 5.75 Å². The molecular formula is C19H16Cl2F3NO3. The maximum Gasteiger partial charge on any atom is 0.416 e. The third kappa shape index (κ3) is 3.10. The minimum Gasteiger partial charge on any atom is -0.495 e. The molecule has 28 heavy (non-hydrogen) atoms. The first-order chi connectivity index (χ1) is 13.2. The highest BCUT2D eigenvalue weighted by atomic mass is 35.5. The molecule has 2 aromatic carbocycles. The van der Waals surface area contributed by atoms with Gasteiger partial charge in [0.2, 0.25) is 0 Å². The molecule has 3 unspecified atom stereocenters. The molecule has 150 valence electrons. The zero-order valence-corrected chi connectivity index (χ0v) is 16.4. The van der Waals surface area contributed by atoms with Gasteiger partial charge < -0.3 is 19.5 Å². The highest BCUT2D eigenvalue weighted by Crippen LogP contribution is 2.52. The Kier molecular flexibility index (Phi) is 4.90. The lowest BCUT2D eigenvalue weighted by molar-refractivity contribution is -0.137. The molecule has 0 spiro atoms. The van der Waals surface area contributed by atoms with E-state index in [9.17, 15) is 13.2 Å². The van der Waals surface area contributed by atoms with Crippen molar-refractivity contribution in [3.8, 4) is 5.75 Å². The van der Waals surface area contributed by atoms with Gasteiger partial charge in [-0.2, -0.15) is 13.2 Å². The molecule has 0 saturated carbocycles. The molecule has 2 aliphatic rings. The zero-order chi connectivity index (χ0) is 20.2. The Hall–Kier alpha value is -1.67. The monoisotopic (exact) mass is 433 g/mol. The summed E-state index contributed by atoms with van der Waals surface area (Å²) in [6, 6.07) is 4.23. The van der Waals surface area contributed by atoms with E-state index in [1.54, 1.807) is 6.07 Å². The number of hydrogen-bond acceptors (Lipinski definition) is 4. The number of rotatable bonds is 2. The van der Waals surface area contributed by atoms with Crippen molar-refractivity contribution in [3.63, 3.8) is 0 Å². The molecule has 2 aliphatic heterocycles. The molecule has 4 nitrogen and oxygen atoms in total. The summed E-state index contributed by atoms with van der Waals surface area (Å²) in [5.41, 5.74) is 1.66. The number of hydrogen-bond donors (Lipinski definition) is 1. The molecule has 4 rings (SSSR count). The maximum atomic E-state index is 13.2. The molecule has 9 heteroatoms. The fraction of sp³-hybridized carbons (Fsp3) is 0.368. The molecule has 0 bridgehead atoms. The summed E-state index contributed by atoms with van der Waals surface area (Å²) in [7, 11) is 1.49. The van der Waals surface area contributed by atoms with Crippen LogP contribution in [0.2, 0.25) is 10.0 Å². The van der Waals surface area contributed by atoms with Gasteiger partial charge in [0.15, 0.2) is 0 Å². The predicted molar refractivity (Wildman–Crippen MR) is 99.1 cm³/mol. The van der Waals surface area contributed by atoms with Gasteiger partial charge in [-0.3, -0.25) is 0 Å². The summed E-state index contributed by atoms with van der Waals surface area (Å²) in [4.78, 5) is 0. The summed E-state index contributed by atoms with van der Waals surface area (Å²) in [6.45, 7) is 1.86. The Balaban J connectivity index is 1.87. The first-order valence-electron chi connectivity index (χ1n) is 8.45. The van der Waals surface area contributed by atoms with Gasteiger partial charge >= 0.3 is 6.18 Å². The van der Waals surface area contributed by atoms with Crippen LogP contribution in [0.1, 0.15) is 34.4 Å². The molecule has 1 fully saturated rings. The minimum atomic E-state index is -4.49. The second-order valence-corrected chi connectivity index (χ2v) is 7.48. The van der Waals surface area contributed by atoms with Crippen molar-refractivity contribution >= 4 is 28.9 Å². The molecule has 1 N–H and O–H groups in total. The van der Waals surface area contributed by atoms with Crippen molar-refractivity contribution < 1.29 is 27.4 Å². The summed E-state index contributed by atoms with van der Waals surface area (Å²) >= 11 is 12.6. The Morgan fingerprint density at radius 3 is 2.57 bits per heavy atom. The second kappa shape index (κ2) is 6.99. The molecule has 0 radical (unpaired) electrons. The van der Waals surface area contributed by atoms with E-state index in [1.807, 2.05) is 6.92 Å². The molecule has 0 amide bonds. The van der Waals surface area contributed by atoms with E-state index < -0.39 is 30.0 Å². The lowest BCUT2D eigenvalue weighted by Crippen LogP contribution is -2.35. The number of anilines is 1. The fourth-order valence-electron chi connectivity index (χ4n) is 3.75. The van der Waals surface area contributed by atoms with Gasteiger partial charge in [-0.15, -0.1) is 0 Å². The topological polar surface area (TPSA) is 39.7 Å². The van der Waals surface area contributed by atoms with Crippen molar-refractivity contribution in [1.29, 1.82) is 0 Å². The summed E-state index contributed by atoms with van der Waals surface area (Å²) in [6.07, 6.45) is -5.57.